The van der Waals surface area contributed by atoms with E-state index < -0.39 is 0 Å². The summed E-state index contributed by atoms with van der Waals surface area (Å²) in [6, 6.07) is 0. The van der Waals surface area contributed by atoms with Crippen LogP contribution in [0.25, 0.3) is 0 Å². The van der Waals surface area contributed by atoms with Crippen molar-refractivity contribution in [1.29, 1.82) is 0 Å². The van der Waals surface area contributed by atoms with Gasteiger partial charge in [0.1, 0.15) is 6.33 Å². The Hall–Kier alpha value is -0.920. The minimum absolute atomic E-state index is 0.518. The fourth-order valence-electron chi connectivity index (χ4n) is 2.60. The highest BCUT2D eigenvalue weighted by Gasteiger charge is 2.18. The number of fused-ring (bicyclic) bond motifs is 1. The molecule has 2 heteroatoms. The van der Waals surface area contributed by atoms with Crippen molar-refractivity contribution in [3.05, 3.63) is 23.8 Å². The van der Waals surface area contributed by atoms with Gasteiger partial charge >= 0.3 is 0 Å². The molecule has 1 aromatic heterocycles. The van der Waals surface area contributed by atoms with Gasteiger partial charge in [-0.15, -0.1) is 0 Å². The highest BCUT2D eigenvalue weighted by atomic mass is 14.8. The SMILES string of the molecule is CC1(C)CCCCc2cncnc2CCC1. The van der Waals surface area contributed by atoms with Gasteiger partial charge < -0.3 is 0 Å². The van der Waals surface area contributed by atoms with E-state index in [2.05, 4.69) is 23.8 Å². The van der Waals surface area contributed by atoms with Crippen LogP contribution in [0.1, 0.15) is 57.2 Å². The zero-order valence-electron chi connectivity index (χ0n) is 10.5. The van der Waals surface area contributed by atoms with Crippen LogP contribution in [0.5, 0.6) is 0 Å². The highest BCUT2D eigenvalue weighted by Crippen LogP contribution is 2.31. The van der Waals surface area contributed by atoms with Crippen molar-refractivity contribution in [2.45, 2.75) is 58.8 Å². The van der Waals surface area contributed by atoms with Crippen molar-refractivity contribution in [2.75, 3.05) is 0 Å². The fourth-order valence-corrected chi connectivity index (χ4v) is 2.60. The van der Waals surface area contributed by atoms with E-state index >= 15 is 0 Å². The van der Waals surface area contributed by atoms with Crippen LogP contribution in [0.15, 0.2) is 12.5 Å². The molecule has 0 unspecified atom stereocenters. The predicted octanol–water partition coefficient (Wildman–Crippen LogP) is 3.55. The largest absolute Gasteiger partial charge is 0.245 e. The summed E-state index contributed by atoms with van der Waals surface area (Å²) in [5, 5.41) is 0. The van der Waals surface area contributed by atoms with Gasteiger partial charge in [-0.25, -0.2) is 9.97 Å². The van der Waals surface area contributed by atoms with Crippen LogP contribution in [0.2, 0.25) is 0 Å². The van der Waals surface area contributed by atoms with Gasteiger partial charge in [-0.2, -0.15) is 0 Å². The molecule has 0 N–H and O–H groups in total. The summed E-state index contributed by atoms with van der Waals surface area (Å²) in [4.78, 5) is 8.57. The Bertz CT molecular complexity index is 344. The van der Waals surface area contributed by atoms with Crippen molar-refractivity contribution in [3.8, 4) is 0 Å². The minimum Gasteiger partial charge on any atom is -0.245 e. The molecule has 1 aliphatic rings. The molecule has 1 aromatic rings. The van der Waals surface area contributed by atoms with Crippen LogP contribution in [-0.2, 0) is 12.8 Å². The molecule has 2 rings (SSSR count). The first-order valence-corrected chi connectivity index (χ1v) is 6.45. The number of rotatable bonds is 0. The molecule has 0 saturated carbocycles. The second-order valence-corrected chi connectivity index (χ2v) is 5.72. The maximum Gasteiger partial charge on any atom is 0.115 e. The number of hydrogen-bond acceptors (Lipinski definition) is 2. The monoisotopic (exact) mass is 218 g/mol. The molecule has 0 aromatic carbocycles. The van der Waals surface area contributed by atoms with Gasteiger partial charge in [0.25, 0.3) is 0 Å². The van der Waals surface area contributed by atoms with Gasteiger partial charge in [0, 0.05) is 11.9 Å². The predicted molar refractivity (Wildman–Crippen MR) is 66.3 cm³/mol. The molecule has 1 aliphatic carbocycles. The lowest BCUT2D eigenvalue weighted by Gasteiger charge is -2.25. The van der Waals surface area contributed by atoms with Gasteiger partial charge in [0.15, 0.2) is 0 Å². The third kappa shape index (κ3) is 3.03. The Morgan fingerprint density at radius 2 is 1.88 bits per heavy atom. The molecule has 2 nitrogen and oxygen atoms in total. The van der Waals surface area contributed by atoms with Crippen LogP contribution in [0.4, 0.5) is 0 Å². The third-order valence-corrected chi connectivity index (χ3v) is 3.70. The molecule has 0 fully saturated rings. The van der Waals surface area contributed by atoms with Crippen LogP contribution >= 0.6 is 0 Å². The first kappa shape index (κ1) is 11.6. The molecule has 1 heterocycles. The summed E-state index contributed by atoms with van der Waals surface area (Å²) >= 11 is 0. The average Bonchev–Trinajstić information content (AvgIpc) is 2.26. The van der Waals surface area contributed by atoms with Crippen molar-refractivity contribution >= 4 is 0 Å². The molecular formula is C14H22N2. The molecule has 0 radical (unpaired) electrons. The van der Waals surface area contributed by atoms with Crippen molar-refractivity contribution in [2.24, 2.45) is 5.41 Å². The topological polar surface area (TPSA) is 25.8 Å². The molecule has 0 bridgehead atoms. The van der Waals surface area contributed by atoms with Gasteiger partial charge in [-0.3, -0.25) is 0 Å². The van der Waals surface area contributed by atoms with E-state index in [1.165, 1.54) is 43.4 Å². The van der Waals surface area contributed by atoms with Crippen LogP contribution in [0.3, 0.4) is 0 Å². The van der Waals surface area contributed by atoms with Gasteiger partial charge in [0.2, 0.25) is 0 Å². The quantitative estimate of drug-likeness (QED) is 0.665. The van der Waals surface area contributed by atoms with Crippen molar-refractivity contribution in [3.63, 3.8) is 0 Å². The maximum absolute atomic E-state index is 4.43. The number of aromatic nitrogens is 2. The Labute approximate surface area is 98.5 Å². The summed E-state index contributed by atoms with van der Waals surface area (Å²) in [6.45, 7) is 4.80. The van der Waals surface area contributed by atoms with E-state index in [1.54, 1.807) is 6.33 Å². The number of hydrogen-bond donors (Lipinski definition) is 0. The second kappa shape index (κ2) is 4.94. The highest BCUT2D eigenvalue weighted by molar-refractivity contribution is 5.16. The van der Waals surface area contributed by atoms with E-state index in [0.717, 1.165) is 12.8 Å². The molecule has 0 saturated heterocycles. The average molecular weight is 218 g/mol. The second-order valence-electron chi connectivity index (χ2n) is 5.72. The van der Waals surface area contributed by atoms with Gasteiger partial charge in [0.05, 0.1) is 0 Å². The van der Waals surface area contributed by atoms with E-state index in [9.17, 15) is 0 Å². The molecule has 0 aliphatic heterocycles. The van der Waals surface area contributed by atoms with E-state index in [4.69, 9.17) is 0 Å². The van der Waals surface area contributed by atoms with E-state index in [1.807, 2.05) is 6.20 Å². The Kier molecular flexibility index (Phi) is 3.57. The van der Waals surface area contributed by atoms with Gasteiger partial charge in [-0.1, -0.05) is 20.3 Å². The molecule has 16 heavy (non-hydrogen) atoms. The smallest absolute Gasteiger partial charge is 0.115 e. The van der Waals surface area contributed by atoms with Crippen LogP contribution < -0.4 is 0 Å². The zero-order chi connectivity index (χ0) is 11.4. The summed E-state index contributed by atoms with van der Waals surface area (Å²) in [7, 11) is 0. The third-order valence-electron chi connectivity index (χ3n) is 3.70. The Morgan fingerprint density at radius 1 is 1.06 bits per heavy atom. The van der Waals surface area contributed by atoms with E-state index in [0.29, 0.717) is 5.41 Å². The Balaban J connectivity index is 2.10. The molecular weight excluding hydrogens is 196 g/mol. The number of aryl methyl sites for hydroxylation is 2. The normalized spacial score (nSPS) is 21.1. The molecule has 0 atom stereocenters. The first-order chi connectivity index (χ1) is 7.67. The lowest BCUT2D eigenvalue weighted by molar-refractivity contribution is 0.285. The standard InChI is InChI=1S/C14H22N2/c1-14(2)8-4-3-6-12-10-15-11-16-13(12)7-5-9-14/h10-11H,3-9H2,1-2H3. The Morgan fingerprint density at radius 3 is 2.75 bits per heavy atom. The number of nitrogens with zero attached hydrogens (tertiary/aromatic N) is 2. The lowest BCUT2D eigenvalue weighted by Crippen LogP contribution is -2.13. The summed E-state index contributed by atoms with van der Waals surface area (Å²) in [5.41, 5.74) is 3.18. The maximum atomic E-state index is 4.43. The molecule has 88 valence electrons. The lowest BCUT2D eigenvalue weighted by atomic mass is 9.81. The fraction of sp³-hybridized carbons (Fsp3) is 0.714. The molecule has 0 amide bonds. The van der Waals surface area contributed by atoms with Crippen LogP contribution in [0, 0.1) is 5.41 Å². The summed E-state index contributed by atoms with van der Waals surface area (Å²) in [6.07, 6.45) is 12.5. The first-order valence-electron chi connectivity index (χ1n) is 6.45. The van der Waals surface area contributed by atoms with E-state index in [-0.39, 0.29) is 0 Å². The van der Waals surface area contributed by atoms with Gasteiger partial charge in [-0.05, 0) is 49.5 Å². The van der Waals surface area contributed by atoms with Crippen molar-refractivity contribution < 1.29 is 0 Å². The van der Waals surface area contributed by atoms with Crippen molar-refractivity contribution in [1.82, 2.24) is 9.97 Å². The van der Waals surface area contributed by atoms with Crippen LogP contribution in [-0.4, -0.2) is 9.97 Å². The molecule has 0 spiro atoms. The zero-order valence-corrected chi connectivity index (χ0v) is 10.5. The minimum atomic E-state index is 0.518. The summed E-state index contributed by atoms with van der Waals surface area (Å²) in [5.74, 6) is 0. The summed E-state index contributed by atoms with van der Waals surface area (Å²) < 4.78 is 0.